The molecule has 1 aliphatic carbocycles. The Morgan fingerprint density at radius 3 is 2.67 bits per heavy atom. The summed E-state index contributed by atoms with van der Waals surface area (Å²) >= 11 is 0. The van der Waals surface area contributed by atoms with Gasteiger partial charge in [-0.2, -0.15) is 10.0 Å². The minimum atomic E-state index is -0.120. The molecule has 214 valence electrons. The number of nitrogens with zero attached hydrogens (tertiary/aromatic N) is 7. The molecule has 1 saturated carbocycles. The van der Waals surface area contributed by atoms with Crippen molar-refractivity contribution in [1.82, 2.24) is 19.6 Å². The Balaban J connectivity index is 1.59. The van der Waals surface area contributed by atoms with E-state index in [1.54, 1.807) is 6.08 Å². The molecule has 10 heteroatoms. The van der Waals surface area contributed by atoms with Crippen molar-refractivity contribution < 1.29 is 0 Å². The van der Waals surface area contributed by atoms with Gasteiger partial charge in [-0.25, -0.2) is 4.99 Å². The van der Waals surface area contributed by atoms with Gasteiger partial charge in [0.15, 0.2) is 0 Å². The van der Waals surface area contributed by atoms with Crippen LogP contribution in [0, 0.1) is 4.91 Å². The molecule has 0 radical (unpaired) electrons. The maximum absolute atomic E-state index is 11.2. The molecule has 1 aromatic heterocycles. The number of hydrogen-bond acceptors (Lipinski definition) is 9. The van der Waals surface area contributed by atoms with Crippen LogP contribution in [-0.2, 0) is 0 Å². The van der Waals surface area contributed by atoms with Crippen molar-refractivity contribution in [3.63, 3.8) is 0 Å². The first-order valence-corrected chi connectivity index (χ1v) is 14.2. The molecule has 0 amide bonds. The van der Waals surface area contributed by atoms with E-state index in [1.807, 2.05) is 25.4 Å². The van der Waals surface area contributed by atoms with Crippen molar-refractivity contribution in [3.05, 3.63) is 76.8 Å². The number of aromatic nitrogens is 2. The van der Waals surface area contributed by atoms with E-state index in [0.717, 1.165) is 91.4 Å². The van der Waals surface area contributed by atoms with Crippen LogP contribution in [0.4, 0.5) is 0 Å². The standard InChI is InChI=1S/C30H43N9O/c1-6-20(2)30(37(5)26-10-9-24(16-26)36-40)35-29-21(3)22(4)33-18-27(29)23-17-34-39(19-23)25-11-14-38(15-12-25)28(32)8-7-13-31/h7-8,13,17-19,24-26H,3,6,9-12,14-16,31-32H2,1-2,4-5H3/b13-7-,28-8+,30-20-,35-29+. The van der Waals surface area contributed by atoms with E-state index in [9.17, 15) is 4.91 Å². The molecule has 4 N–H and O–H groups in total. The summed E-state index contributed by atoms with van der Waals surface area (Å²) in [7, 11) is 2.07. The molecule has 10 nitrogen and oxygen atoms in total. The number of allylic oxidation sites excluding steroid dienone is 5. The van der Waals surface area contributed by atoms with E-state index >= 15 is 0 Å². The van der Waals surface area contributed by atoms with E-state index in [-0.39, 0.29) is 18.1 Å². The monoisotopic (exact) mass is 545 g/mol. The zero-order chi connectivity index (χ0) is 28.8. The fourth-order valence-electron chi connectivity index (χ4n) is 5.59. The lowest BCUT2D eigenvalue weighted by Gasteiger charge is -2.33. The molecule has 2 unspecified atom stereocenters. The second kappa shape index (κ2) is 12.9. The van der Waals surface area contributed by atoms with Crippen LogP contribution >= 0.6 is 0 Å². The maximum atomic E-state index is 11.2. The summed E-state index contributed by atoms with van der Waals surface area (Å²) < 4.78 is 2.06. The van der Waals surface area contributed by atoms with Gasteiger partial charge in [-0.05, 0) is 76.3 Å². The molecule has 1 aromatic rings. The van der Waals surface area contributed by atoms with Crippen LogP contribution in [0.2, 0.25) is 0 Å². The van der Waals surface area contributed by atoms with Gasteiger partial charge >= 0.3 is 0 Å². The Hall–Kier alpha value is -3.95. The summed E-state index contributed by atoms with van der Waals surface area (Å²) in [6, 6.07) is 0.392. The predicted octanol–water partition coefficient (Wildman–Crippen LogP) is 4.87. The second-order valence-corrected chi connectivity index (χ2v) is 10.9. The SMILES string of the molecule is C=C1C(C)=NC=C(c2cnn(C3CCN(/C(N)=C/C=C\N)CC3)c2)/C1=N/C(=C(\C)CC)N(C)C1CCC(N=O)C1. The number of hydrogen-bond donors (Lipinski definition) is 2. The summed E-state index contributed by atoms with van der Waals surface area (Å²) in [6.45, 7) is 12.3. The van der Waals surface area contributed by atoms with Crippen molar-refractivity contribution in [2.45, 2.75) is 77.4 Å². The van der Waals surface area contributed by atoms with Crippen molar-refractivity contribution in [2.24, 2.45) is 26.6 Å². The van der Waals surface area contributed by atoms with Crippen LogP contribution in [0.25, 0.3) is 5.57 Å². The summed E-state index contributed by atoms with van der Waals surface area (Å²) in [5.41, 5.74) is 17.2. The topological polar surface area (TPSA) is 130 Å². The van der Waals surface area contributed by atoms with E-state index < -0.39 is 0 Å². The predicted molar refractivity (Wildman–Crippen MR) is 163 cm³/mol. The minimum Gasteiger partial charge on any atom is -0.405 e. The zero-order valence-electron chi connectivity index (χ0n) is 24.3. The van der Waals surface area contributed by atoms with Gasteiger partial charge in [-0.1, -0.05) is 18.7 Å². The first kappa shape index (κ1) is 29.0. The van der Waals surface area contributed by atoms with E-state index in [0.29, 0.717) is 0 Å². The molecule has 0 aromatic carbocycles. The third kappa shape index (κ3) is 6.26. The summed E-state index contributed by atoms with van der Waals surface area (Å²) in [4.78, 5) is 25.4. The third-order valence-electron chi connectivity index (χ3n) is 8.40. The van der Waals surface area contributed by atoms with Crippen molar-refractivity contribution in [1.29, 1.82) is 0 Å². The number of aliphatic imine (C=N–C) groups is 2. The average Bonchev–Trinajstić information content (AvgIpc) is 3.66. The van der Waals surface area contributed by atoms with Crippen molar-refractivity contribution in [3.8, 4) is 0 Å². The number of piperidine rings is 1. The lowest BCUT2D eigenvalue weighted by Crippen LogP contribution is -2.36. The van der Waals surface area contributed by atoms with Gasteiger partial charge in [0.1, 0.15) is 5.82 Å². The van der Waals surface area contributed by atoms with E-state index in [4.69, 9.17) is 21.6 Å². The highest BCUT2D eigenvalue weighted by molar-refractivity contribution is 6.42. The van der Waals surface area contributed by atoms with Crippen LogP contribution in [0.5, 0.6) is 0 Å². The quantitative estimate of drug-likeness (QED) is 0.336. The summed E-state index contributed by atoms with van der Waals surface area (Å²) in [6.07, 6.45) is 16.2. The van der Waals surface area contributed by atoms with Gasteiger partial charge in [0, 0.05) is 61.0 Å². The smallest absolute Gasteiger partial charge is 0.128 e. The molecule has 0 spiro atoms. The molecule has 0 bridgehead atoms. The Kier molecular flexibility index (Phi) is 9.39. The molecule has 1 saturated heterocycles. The zero-order valence-corrected chi connectivity index (χ0v) is 24.3. The lowest BCUT2D eigenvalue weighted by atomic mass is 9.94. The molecule has 2 fully saturated rings. The van der Waals surface area contributed by atoms with Crippen molar-refractivity contribution in [2.75, 3.05) is 20.1 Å². The first-order chi connectivity index (χ1) is 19.3. The number of nitroso groups, excluding NO2 is 1. The van der Waals surface area contributed by atoms with Gasteiger partial charge in [-0.3, -0.25) is 9.67 Å². The highest BCUT2D eigenvalue weighted by Crippen LogP contribution is 2.32. The number of rotatable bonds is 9. The summed E-state index contributed by atoms with van der Waals surface area (Å²) in [5, 5.41) is 8.05. The molecule has 2 aliphatic heterocycles. The Morgan fingerprint density at radius 2 is 2.02 bits per heavy atom. The molecular weight excluding hydrogens is 502 g/mol. The summed E-state index contributed by atoms with van der Waals surface area (Å²) in [5.74, 6) is 1.65. The Morgan fingerprint density at radius 1 is 1.27 bits per heavy atom. The molecule has 3 heterocycles. The maximum Gasteiger partial charge on any atom is 0.128 e. The van der Waals surface area contributed by atoms with Crippen LogP contribution in [0.1, 0.15) is 70.9 Å². The van der Waals surface area contributed by atoms with Crippen molar-refractivity contribution >= 4 is 17.0 Å². The van der Waals surface area contributed by atoms with Gasteiger partial charge in [0.05, 0.1) is 29.8 Å². The van der Waals surface area contributed by atoms with Crippen LogP contribution in [0.15, 0.2) is 81.5 Å². The van der Waals surface area contributed by atoms with E-state index in [1.165, 1.54) is 11.8 Å². The molecule has 4 rings (SSSR count). The van der Waals surface area contributed by atoms with Gasteiger partial charge in [-0.15, -0.1) is 0 Å². The van der Waals surface area contributed by atoms with Crippen LogP contribution in [0.3, 0.4) is 0 Å². The first-order valence-electron chi connectivity index (χ1n) is 14.2. The number of likely N-dealkylation sites (tertiary alicyclic amines) is 1. The highest BCUT2D eigenvalue weighted by atomic mass is 16.3. The fourth-order valence-corrected chi connectivity index (χ4v) is 5.59. The number of nitrogens with two attached hydrogens (primary N) is 2. The normalized spacial score (nSPS) is 24.4. The second-order valence-electron chi connectivity index (χ2n) is 10.9. The van der Waals surface area contributed by atoms with Gasteiger partial charge in [0.2, 0.25) is 0 Å². The van der Waals surface area contributed by atoms with Gasteiger partial charge in [0.25, 0.3) is 0 Å². The Bertz CT molecular complexity index is 1290. The average molecular weight is 546 g/mol. The lowest BCUT2D eigenvalue weighted by molar-refractivity contribution is 0.217. The molecular formula is C30H43N9O. The molecule has 2 atom stereocenters. The largest absolute Gasteiger partial charge is 0.405 e. The molecule has 3 aliphatic rings. The third-order valence-corrected chi connectivity index (χ3v) is 8.40. The Labute approximate surface area is 237 Å². The molecule has 40 heavy (non-hydrogen) atoms. The van der Waals surface area contributed by atoms with E-state index in [2.05, 4.69) is 58.3 Å². The fraction of sp³-hybridized carbons (Fsp3) is 0.500. The minimum absolute atomic E-state index is 0.120. The van der Waals surface area contributed by atoms with Crippen LogP contribution < -0.4 is 11.5 Å². The van der Waals surface area contributed by atoms with Crippen LogP contribution in [-0.4, -0.2) is 63.2 Å². The van der Waals surface area contributed by atoms with Gasteiger partial charge < -0.3 is 21.3 Å². The highest BCUT2D eigenvalue weighted by Gasteiger charge is 2.31.